The third-order valence-corrected chi connectivity index (χ3v) is 2.80. The van der Waals surface area contributed by atoms with Crippen LogP contribution in [0.15, 0.2) is 85.1 Å². The van der Waals surface area contributed by atoms with Crippen molar-refractivity contribution in [2.45, 2.75) is 39.2 Å². The molecule has 0 saturated carbocycles. The van der Waals surface area contributed by atoms with Crippen LogP contribution in [0, 0.1) is 0 Å². The monoisotopic (exact) mass is 341 g/mol. The van der Waals surface area contributed by atoms with Crippen LogP contribution in [0.3, 0.4) is 0 Å². The topological polar surface area (TPSA) is 49.3 Å². The number of unbranched alkanes of at least 4 members (excludes halogenated alkanes) is 1. The maximum absolute atomic E-state index is 11.4. The van der Waals surface area contributed by atoms with Gasteiger partial charge in [0.1, 0.15) is 0 Å². The molecule has 0 bridgehead atoms. The predicted molar refractivity (Wildman–Crippen MR) is 108 cm³/mol. The fourth-order valence-electron chi connectivity index (χ4n) is 1.54. The van der Waals surface area contributed by atoms with Crippen molar-refractivity contribution in [1.29, 1.82) is 0 Å². The molecule has 3 nitrogen and oxygen atoms in total. The molecule has 136 valence electrons. The Balaban J connectivity index is 3.82. The van der Waals surface area contributed by atoms with E-state index in [9.17, 15) is 9.90 Å². The molecule has 0 aromatic heterocycles. The highest BCUT2D eigenvalue weighted by molar-refractivity contribution is 5.87. The van der Waals surface area contributed by atoms with Crippen molar-refractivity contribution in [3.05, 3.63) is 85.1 Å². The van der Waals surface area contributed by atoms with Crippen LogP contribution in [0.2, 0.25) is 0 Å². The minimum atomic E-state index is -0.893. The van der Waals surface area contributed by atoms with E-state index in [0.717, 1.165) is 12.8 Å². The van der Waals surface area contributed by atoms with E-state index in [2.05, 4.69) is 17.5 Å². The van der Waals surface area contributed by atoms with Crippen molar-refractivity contribution in [3.8, 4) is 0 Å². The average Bonchev–Trinajstić information content (AvgIpc) is 2.56. The number of hydrogen-bond acceptors (Lipinski definition) is 2. The molecule has 0 rings (SSSR count). The first kappa shape index (κ1) is 22.6. The fourth-order valence-corrected chi connectivity index (χ4v) is 1.54. The lowest BCUT2D eigenvalue weighted by Gasteiger charge is -2.16. The van der Waals surface area contributed by atoms with Crippen LogP contribution in [0.5, 0.6) is 0 Å². The first-order valence-corrected chi connectivity index (χ1v) is 8.57. The highest BCUT2D eigenvalue weighted by atomic mass is 16.3. The second-order valence-corrected chi connectivity index (χ2v) is 6.00. The van der Waals surface area contributed by atoms with Gasteiger partial charge in [0.15, 0.2) is 0 Å². The van der Waals surface area contributed by atoms with E-state index in [1.54, 1.807) is 26.0 Å². The number of nitrogens with one attached hydrogen (secondary N) is 1. The summed E-state index contributed by atoms with van der Waals surface area (Å²) in [5, 5.41) is 12.1. The maximum Gasteiger partial charge on any atom is 0.244 e. The smallest absolute Gasteiger partial charge is 0.244 e. The van der Waals surface area contributed by atoms with Crippen LogP contribution in [0.25, 0.3) is 0 Å². The van der Waals surface area contributed by atoms with Crippen molar-refractivity contribution >= 4 is 5.91 Å². The molecular weight excluding hydrogens is 310 g/mol. The van der Waals surface area contributed by atoms with Crippen LogP contribution in [-0.2, 0) is 4.79 Å². The minimum absolute atomic E-state index is 0.213. The van der Waals surface area contributed by atoms with Gasteiger partial charge in [0, 0.05) is 12.6 Å². The van der Waals surface area contributed by atoms with Crippen molar-refractivity contribution in [1.82, 2.24) is 5.32 Å². The summed E-state index contributed by atoms with van der Waals surface area (Å²) >= 11 is 0. The lowest BCUT2D eigenvalue weighted by Crippen LogP contribution is -2.37. The van der Waals surface area contributed by atoms with E-state index in [1.165, 1.54) is 6.08 Å². The first-order chi connectivity index (χ1) is 12.0. The van der Waals surface area contributed by atoms with Gasteiger partial charge < -0.3 is 10.4 Å². The molecular formula is C22H31NO2. The number of aliphatic hydroxyl groups is 1. The zero-order valence-corrected chi connectivity index (χ0v) is 15.6. The molecule has 1 amide bonds. The second-order valence-electron chi connectivity index (χ2n) is 6.00. The van der Waals surface area contributed by atoms with Gasteiger partial charge in [-0.2, -0.15) is 0 Å². The summed E-state index contributed by atoms with van der Waals surface area (Å²) in [6.45, 7) is 5.52. The summed E-state index contributed by atoms with van der Waals surface area (Å²) in [7, 11) is 0. The number of rotatable bonds is 11. The van der Waals surface area contributed by atoms with Crippen molar-refractivity contribution in [2.24, 2.45) is 0 Å². The summed E-state index contributed by atoms with van der Waals surface area (Å²) < 4.78 is 0. The predicted octanol–water partition coefficient (Wildman–Crippen LogP) is 4.57. The van der Waals surface area contributed by atoms with E-state index in [4.69, 9.17) is 0 Å². The van der Waals surface area contributed by atoms with E-state index in [0.29, 0.717) is 0 Å². The Morgan fingerprint density at radius 3 is 1.84 bits per heavy atom. The van der Waals surface area contributed by atoms with Crippen LogP contribution < -0.4 is 5.32 Å². The zero-order valence-electron chi connectivity index (χ0n) is 15.6. The highest BCUT2D eigenvalue weighted by Gasteiger charge is 2.12. The number of amides is 1. The quantitative estimate of drug-likeness (QED) is 0.329. The third kappa shape index (κ3) is 19.6. The Hall–Kier alpha value is -2.39. The first-order valence-electron chi connectivity index (χ1n) is 8.57. The molecule has 25 heavy (non-hydrogen) atoms. The Morgan fingerprint density at radius 1 is 0.840 bits per heavy atom. The van der Waals surface area contributed by atoms with Crippen molar-refractivity contribution in [3.63, 3.8) is 0 Å². The van der Waals surface area contributed by atoms with Crippen LogP contribution >= 0.6 is 0 Å². The third-order valence-electron chi connectivity index (χ3n) is 2.80. The standard InChI is InChI=1S/C22H31NO2/c1-4-5-6-7-8-9-10-11-12-13-14-15-16-17-18-19-21(24)23-20-22(2,3)25/h4-11,14-19,25H,12-13,20H2,1-3H3,(H,23,24). The van der Waals surface area contributed by atoms with Gasteiger partial charge >= 0.3 is 0 Å². The molecule has 0 atom stereocenters. The molecule has 2 N–H and O–H groups in total. The van der Waals surface area contributed by atoms with Gasteiger partial charge in [-0.1, -0.05) is 79.0 Å². The lowest BCUT2D eigenvalue weighted by atomic mass is 10.1. The normalized spacial score (nSPS) is 13.9. The molecule has 3 heteroatoms. The highest BCUT2D eigenvalue weighted by Crippen LogP contribution is 1.97. The molecule has 0 aromatic rings. The Morgan fingerprint density at radius 2 is 1.32 bits per heavy atom. The summed E-state index contributed by atoms with van der Waals surface area (Å²) in [6.07, 6.45) is 28.9. The van der Waals surface area contributed by atoms with Crippen LogP contribution in [0.4, 0.5) is 0 Å². The van der Waals surface area contributed by atoms with Gasteiger partial charge in [-0.05, 0) is 33.6 Å². The number of allylic oxidation sites excluding steroid dienone is 13. The van der Waals surface area contributed by atoms with Gasteiger partial charge in [0.25, 0.3) is 0 Å². The number of carbonyl (C=O) groups excluding carboxylic acids is 1. The van der Waals surface area contributed by atoms with Crippen molar-refractivity contribution < 1.29 is 9.90 Å². The Kier molecular flexibility index (Phi) is 13.7. The van der Waals surface area contributed by atoms with E-state index >= 15 is 0 Å². The van der Waals surface area contributed by atoms with Crippen LogP contribution in [0.1, 0.15) is 33.6 Å². The second kappa shape index (κ2) is 15.2. The summed E-state index contributed by atoms with van der Waals surface area (Å²) in [6, 6.07) is 0. The van der Waals surface area contributed by atoms with Gasteiger partial charge in [-0.15, -0.1) is 0 Å². The van der Waals surface area contributed by atoms with E-state index in [-0.39, 0.29) is 12.5 Å². The molecule has 0 radical (unpaired) electrons. The molecule has 0 aromatic carbocycles. The van der Waals surface area contributed by atoms with E-state index < -0.39 is 5.60 Å². The zero-order chi connectivity index (χ0) is 18.8. The van der Waals surface area contributed by atoms with Gasteiger partial charge in [-0.3, -0.25) is 4.79 Å². The van der Waals surface area contributed by atoms with Gasteiger partial charge in [0.05, 0.1) is 5.60 Å². The summed E-state index contributed by atoms with van der Waals surface area (Å²) in [5.41, 5.74) is -0.893. The fraction of sp³-hybridized carbons (Fsp3) is 0.318. The van der Waals surface area contributed by atoms with Crippen molar-refractivity contribution in [2.75, 3.05) is 6.54 Å². The molecule has 0 saturated heterocycles. The molecule has 0 aliphatic rings. The number of hydrogen-bond donors (Lipinski definition) is 2. The maximum atomic E-state index is 11.4. The number of carbonyl (C=O) groups is 1. The van der Waals surface area contributed by atoms with Gasteiger partial charge in [0.2, 0.25) is 5.91 Å². The Labute approximate surface area is 152 Å². The summed E-state index contributed by atoms with van der Waals surface area (Å²) in [4.78, 5) is 11.4. The Bertz CT molecular complexity index is 553. The minimum Gasteiger partial charge on any atom is -0.389 e. The lowest BCUT2D eigenvalue weighted by molar-refractivity contribution is -0.117. The van der Waals surface area contributed by atoms with Crippen LogP contribution in [-0.4, -0.2) is 23.2 Å². The molecule has 0 fully saturated rings. The van der Waals surface area contributed by atoms with E-state index in [1.807, 2.05) is 61.6 Å². The molecule has 0 aliphatic heterocycles. The molecule has 0 aliphatic carbocycles. The SMILES string of the molecule is CC=CC=CC=CC=CCCC=CC=CC=CC(=O)NCC(C)(C)O. The van der Waals surface area contributed by atoms with Gasteiger partial charge in [-0.25, -0.2) is 0 Å². The average molecular weight is 341 g/mol. The summed E-state index contributed by atoms with van der Waals surface area (Å²) in [5.74, 6) is -0.213. The largest absolute Gasteiger partial charge is 0.389 e. The molecule has 0 unspecified atom stereocenters. The molecule has 0 heterocycles. The molecule has 0 spiro atoms.